The Morgan fingerprint density at radius 3 is 1.41 bits per heavy atom. The van der Waals surface area contributed by atoms with E-state index in [0.717, 1.165) is 30.4 Å². The number of halogens is 3. The fourth-order valence-electron chi connectivity index (χ4n) is 7.14. The molecule has 0 aliphatic heterocycles. The number of alkyl halides is 3. The lowest BCUT2D eigenvalue weighted by Gasteiger charge is -2.38. The van der Waals surface area contributed by atoms with Crippen molar-refractivity contribution in [3.63, 3.8) is 0 Å². The van der Waals surface area contributed by atoms with Crippen molar-refractivity contribution in [1.29, 1.82) is 0 Å². The van der Waals surface area contributed by atoms with Gasteiger partial charge in [-0.1, -0.05) is 66.7 Å². The molecule has 4 unspecified atom stereocenters. The van der Waals surface area contributed by atoms with E-state index in [1.54, 1.807) is 92.7 Å². The van der Waals surface area contributed by atoms with Crippen LogP contribution in [0.1, 0.15) is 150 Å². The van der Waals surface area contributed by atoms with Crippen LogP contribution in [0, 0.1) is 0 Å². The number of aliphatic hydroxyl groups excluding tert-OH is 2. The topological polar surface area (TPSA) is 196 Å². The Labute approximate surface area is 405 Å². The van der Waals surface area contributed by atoms with E-state index in [1.165, 1.54) is 6.08 Å². The zero-order valence-electron chi connectivity index (χ0n) is 41.7. The Bertz CT molecular complexity index is 1970. The van der Waals surface area contributed by atoms with Crippen molar-refractivity contribution >= 4 is 30.1 Å². The molecule has 0 spiro atoms. The number of carbonyl (C=O) groups is 5. The van der Waals surface area contributed by atoms with Gasteiger partial charge in [0.2, 0.25) is 0 Å². The van der Waals surface area contributed by atoms with Crippen molar-refractivity contribution in [3.05, 3.63) is 83.9 Å². The Balaban J connectivity index is 0.000000286. The highest BCUT2D eigenvalue weighted by Gasteiger charge is 2.45. The molecular formula is C52H75F3N2O12. The second-order valence-electron chi connectivity index (χ2n) is 21.1. The Kier molecular flexibility index (Phi) is 21.6. The number of hydrogen-bond donors (Lipinski definition) is 4. The van der Waals surface area contributed by atoms with Gasteiger partial charge in [0.25, 0.3) is 0 Å². The van der Waals surface area contributed by atoms with Crippen molar-refractivity contribution < 1.29 is 71.0 Å². The second kappa shape index (κ2) is 25.6. The number of allylic oxidation sites excluding steroid dienone is 1. The number of hydrogen-bond acceptors (Lipinski definition) is 12. The molecule has 2 aromatic rings. The molecule has 4 N–H and O–H groups in total. The number of aliphatic hydroxyl groups is 2. The summed E-state index contributed by atoms with van der Waals surface area (Å²) in [6.45, 7) is 15.5. The van der Waals surface area contributed by atoms with Gasteiger partial charge >= 0.3 is 30.1 Å². The lowest BCUT2D eigenvalue weighted by molar-refractivity contribution is -0.167. The van der Waals surface area contributed by atoms with Crippen molar-refractivity contribution in [2.75, 3.05) is 0 Å². The molecule has 2 amide bonds. The number of esters is 3. The first kappa shape index (κ1) is 58.2. The minimum absolute atomic E-state index is 0.0108. The third kappa shape index (κ3) is 22.9. The normalized spacial score (nSPS) is 18.4. The highest BCUT2D eigenvalue weighted by molar-refractivity contribution is 5.83. The van der Waals surface area contributed by atoms with Gasteiger partial charge in [-0.05, 0) is 138 Å². The SMILES string of the molecule is CC(C)(C)OC(=O)/C=C/CC1(F)CCC1.CC(C)(C)OC(=O)C(NC(=O)OCc1ccccc1)C(O)CC1(F)CCC1.CC(C)(C)OC(=O)C(O)C(CC1(F)CCC1)NC(=O)OCc1ccccc1. The molecular weight excluding hydrogens is 902 g/mol. The monoisotopic (exact) mass is 977 g/mol. The molecule has 69 heavy (non-hydrogen) atoms. The number of benzene rings is 2. The highest BCUT2D eigenvalue weighted by Crippen LogP contribution is 2.41. The summed E-state index contributed by atoms with van der Waals surface area (Å²) in [5.74, 6) is -2.13. The van der Waals surface area contributed by atoms with Crippen LogP contribution in [0.3, 0.4) is 0 Å². The van der Waals surface area contributed by atoms with Crippen LogP contribution < -0.4 is 10.6 Å². The van der Waals surface area contributed by atoms with Crippen molar-refractivity contribution in [2.45, 2.75) is 211 Å². The lowest BCUT2D eigenvalue weighted by atomic mass is 9.77. The van der Waals surface area contributed by atoms with Gasteiger partial charge in [0, 0.05) is 18.9 Å². The molecule has 0 bridgehead atoms. The minimum atomic E-state index is -1.68. The summed E-state index contributed by atoms with van der Waals surface area (Å²) in [5, 5.41) is 25.5. The quantitative estimate of drug-likeness (QED) is 0.0667. The van der Waals surface area contributed by atoms with Crippen molar-refractivity contribution in [2.24, 2.45) is 0 Å². The largest absolute Gasteiger partial charge is 0.458 e. The third-order valence-corrected chi connectivity index (χ3v) is 11.1. The molecule has 0 aromatic heterocycles. The summed E-state index contributed by atoms with van der Waals surface area (Å²) in [6.07, 6.45) is 3.05. The molecule has 0 saturated heterocycles. The fourth-order valence-corrected chi connectivity index (χ4v) is 7.14. The maximum atomic E-state index is 14.6. The zero-order valence-corrected chi connectivity index (χ0v) is 41.7. The smallest absolute Gasteiger partial charge is 0.408 e. The molecule has 386 valence electrons. The summed E-state index contributed by atoms with van der Waals surface area (Å²) >= 11 is 0. The van der Waals surface area contributed by atoms with Gasteiger partial charge in [-0.2, -0.15) is 0 Å². The molecule has 14 nitrogen and oxygen atoms in total. The van der Waals surface area contributed by atoms with E-state index in [2.05, 4.69) is 10.6 Å². The summed E-state index contributed by atoms with van der Waals surface area (Å²) in [4.78, 5) is 60.0. The molecule has 2 aromatic carbocycles. The van der Waals surface area contributed by atoms with Gasteiger partial charge in [-0.15, -0.1) is 0 Å². The Hall–Kier alpha value is -5.16. The van der Waals surface area contributed by atoms with Gasteiger partial charge in [-0.3, -0.25) is 0 Å². The van der Waals surface area contributed by atoms with Crippen LogP contribution in [0.4, 0.5) is 22.8 Å². The number of ether oxygens (including phenoxy) is 5. The number of rotatable bonds is 17. The molecule has 5 rings (SSSR count). The fraction of sp³-hybridized carbons (Fsp3) is 0.635. The van der Waals surface area contributed by atoms with Crippen LogP contribution in [0.25, 0.3) is 0 Å². The van der Waals surface area contributed by atoms with Crippen LogP contribution in [-0.2, 0) is 51.3 Å². The van der Waals surface area contributed by atoms with Crippen LogP contribution in [-0.4, -0.2) is 98.4 Å². The summed E-state index contributed by atoms with van der Waals surface area (Å²) < 4.78 is 68.1. The van der Waals surface area contributed by atoms with Crippen LogP contribution in [0.2, 0.25) is 0 Å². The van der Waals surface area contributed by atoms with Gasteiger partial charge in [0.05, 0.1) is 12.1 Å². The standard InChI is InChI=1S/2C20H28FNO5.C12H19FO2/c1-19(2,3)27-17(24)16(15(23)12-20(21)10-7-11-20)22-18(25)26-13-14-8-5-4-6-9-14;1-19(2,3)27-17(24)16(23)15(12-20(21)10-7-11-20)22-18(25)26-13-14-8-5-4-6-9-14;1-11(2,3)15-10(14)6-4-7-12(13)8-5-9-12/h2*4-6,8-9,15-16,23H,7,10-13H2,1-3H3,(H,22,25);4,6H,5,7-9H2,1-3H3/b;;6-4+. The lowest BCUT2D eigenvalue weighted by Crippen LogP contribution is -2.53. The van der Waals surface area contributed by atoms with Crippen LogP contribution >= 0.6 is 0 Å². The molecule has 0 heterocycles. The maximum absolute atomic E-state index is 14.6. The van der Waals surface area contributed by atoms with E-state index in [1.807, 2.05) is 36.4 Å². The average molecular weight is 977 g/mol. The maximum Gasteiger partial charge on any atom is 0.408 e. The molecule has 3 saturated carbocycles. The minimum Gasteiger partial charge on any atom is -0.458 e. The number of amides is 2. The molecule has 4 atom stereocenters. The van der Waals surface area contributed by atoms with Crippen molar-refractivity contribution in [3.8, 4) is 0 Å². The van der Waals surface area contributed by atoms with E-state index in [9.17, 15) is 47.4 Å². The predicted molar refractivity (Wildman–Crippen MR) is 253 cm³/mol. The van der Waals surface area contributed by atoms with Gasteiger partial charge in [0.15, 0.2) is 12.1 Å². The molecule has 17 heteroatoms. The first-order chi connectivity index (χ1) is 32.0. The predicted octanol–water partition coefficient (Wildman–Crippen LogP) is 9.70. The van der Waals surface area contributed by atoms with Crippen molar-refractivity contribution in [1.82, 2.24) is 10.6 Å². The average Bonchev–Trinajstić information content (AvgIpc) is 3.21. The van der Waals surface area contributed by atoms with Gasteiger partial charge in [0.1, 0.15) is 47.0 Å². The Morgan fingerprint density at radius 1 is 0.594 bits per heavy atom. The first-order valence-electron chi connectivity index (χ1n) is 23.7. The van der Waals surface area contributed by atoms with Gasteiger partial charge in [-0.25, -0.2) is 37.1 Å². The highest BCUT2D eigenvalue weighted by atomic mass is 19.2. The van der Waals surface area contributed by atoms with Crippen LogP contribution in [0.5, 0.6) is 0 Å². The number of alkyl carbamates (subject to hydrolysis) is 2. The van der Waals surface area contributed by atoms with E-state index in [-0.39, 0.29) is 26.1 Å². The molecule has 3 fully saturated rings. The summed E-state index contributed by atoms with van der Waals surface area (Å²) in [7, 11) is 0. The van der Waals surface area contributed by atoms with E-state index in [4.69, 9.17) is 23.7 Å². The summed E-state index contributed by atoms with van der Waals surface area (Å²) in [5.41, 5.74) is -4.59. The zero-order chi connectivity index (χ0) is 51.7. The van der Waals surface area contributed by atoms with Gasteiger partial charge < -0.3 is 44.5 Å². The molecule has 0 radical (unpaired) electrons. The van der Waals surface area contributed by atoms with E-state index in [0.29, 0.717) is 44.9 Å². The first-order valence-corrected chi connectivity index (χ1v) is 23.7. The number of nitrogens with one attached hydrogen (secondary N) is 2. The van der Waals surface area contributed by atoms with E-state index >= 15 is 0 Å². The second-order valence-corrected chi connectivity index (χ2v) is 21.1. The molecule has 3 aliphatic rings. The van der Waals surface area contributed by atoms with Crippen LogP contribution in [0.15, 0.2) is 72.8 Å². The summed E-state index contributed by atoms with van der Waals surface area (Å²) in [6, 6.07) is 15.6. The third-order valence-electron chi connectivity index (χ3n) is 11.1. The number of carbonyl (C=O) groups excluding carboxylic acids is 5. The Morgan fingerprint density at radius 2 is 1.00 bits per heavy atom. The molecule has 3 aliphatic carbocycles. The van der Waals surface area contributed by atoms with E-state index < -0.39 is 88.2 Å².